The Morgan fingerprint density at radius 1 is 0.903 bits per heavy atom. The van der Waals surface area contributed by atoms with Gasteiger partial charge in [-0.1, -0.05) is 23.8 Å². The van der Waals surface area contributed by atoms with E-state index in [1.807, 2.05) is 51.1 Å². The summed E-state index contributed by atoms with van der Waals surface area (Å²) in [5.41, 5.74) is 4.59. The van der Waals surface area contributed by atoms with E-state index in [0.29, 0.717) is 11.4 Å². The van der Waals surface area contributed by atoms with Gasteiger partial charge in [-0.15, -0.1) is 0 Å². The Morgan fingerprint density at radius 2 is 1.55 bits per heavy atom. The van der Waals surface area contributed by atoms with Crippen LogP contribution in [0.4, 0.5) is 11.4 Å². The largest absolute Gasteiger partial charge is 0.484 e. The van der Waals surface area contributed by atoms with Crippen molar-refractivity contribution >= 4 is 27.3 Å². The van der Waals surface area contributed by atoms with E-state index < -0.39 is 10.0 Å². The molecular formula is C24H26N2O4S. The zero-order valence-electron chi connectivity index (χ0n) is 18.0. The fourth-order valence-corrected chi connectivity index (χ4v) is 3.93. The van der Waals surface area contributed by atoms with E-state index in [1.54, 1.807) is 19.2 Å². The summed E-state index contributed by atoms with van der Waals surface area (Å²) < 4.78 is 33.2. The number of likely N-dealkylation sites (N-methyl/N-ethyl adjacent to an activating group) is 1. The van der Waals surface area contributed by atoms with Gasteiger partial charge in [0.2, 0.25) is 0 Å². The van der Waals surface area contributed by atoms with Crippen LogP contribution in [0.3, 0.4) is 0 Å². The van der Waals surface area contributed by atoms with Crippen molar-refractivity contribution in [2.24, 2.45) is 0 Å². The van der Waals surface area contributed by atoms with Crippen LogP contribution in [0.25, 0.3) is 0 Å². The minimum absolute atomic E-state index is 0.110. The molecule has 3 rings (SSSR count). The SMILES string of the molecule is Cc1ccc(NS(=O)(=O)c2ccc(OCC(=O)N(C)c3ccc(C)c(C)c3)cc2)cc1. The van der Waals surface area contributed by atoms with Gasteiger partial charge in [-0.05, 0) is 80.4 Å². The van der Waals surface area contributed by atoms with Crippen molar-refractivity contribution in [1.82, 2.24) is 0 Å². The van der Waals surface area contributed by atoms with Crippen molar-refractivity contribution in [1.29, 1.82) is 0 Å². The maximum Gasteiger partial charge on any atom is 0.264 e. The number of amides is 1. The molecule has 0 saturated carbocycles. The Bertz CT molecular complexity index is 1170. The minimum Gasteiger partial charge on any atom is -0.484 e. The van der Waals surface area contributed by atoms with E-state index in [0.717, 1.165) is 22.4 Å². The van der Waals surface area contributed by atoms with Crippen molar-refractivity contribution in [3.63, 3.8) is 0 Å². The standard InChI is InChI=1S/C24H26N2O4S/c1-17-5-8-20(9-6-17)25-31(28,29)23-13-11-22(12-14-23)30-16-24(27)26(4)21-10-7-18(2)19(3)15-21/h5-15,25H,16H2,1-4H3. The fraction of sp³-hybridized carbons (Fsp3) is 0.208. The average Bonchev–Trinajstić information content (AvgIpc) is 2.75. The molecule has 1 N–H and O–H groups in total. The highest BCUT2D eigenvalue weighted by Gasteiger charge is 2.15. The van der Waals surface area contributed by atoms with Crippen LogP contribution in [0.15, 0.2) is 71.6 Å². The predicted octanol–water partition coefficient (Wildman–Crippen LogP) is 4.45. The molecule has 0 aromatic heterocycles. The molecule has 0 unspecified atom stereocenters. The molecule has 0 spiro atoms. The Balaban J connectivity index is 1.61. The summed E-state index contributed by atoms with van der Waals surface area (Å²) in [4.78, 5) is 14.1. The first-order chi connectivity index (χ1) is 14.7. The molecule has 0 fully saturated rings. The predicted molar refractivity (Wildman–Crippen MR) is 123 cm³/mol. The van der Waals surface area contributed by atoms with E-state index >= 15 is 0 Å². The van der Waals surface area contributed by atoms with Crippen LogP contribution in [0.2, 0.25) is 0 Å². The number of aryl methyl sites for hydroxylation is 3. The molecule has 0 radical (unpaired) electrons. The molecular weight excluding hydrogens is 412 g/mol. The molecule has 1 amide bonds. The second-order valence-corrected chi connectivity index (χ2v) is 9.14. The van der Waals surface area contributed by atoms with E-state index in [-0.39, 0.29) is 17.4 Å². The number of sulfonamides is 1. The molecule has 7 heteroatoms. The third-order valence-electron chi connectivity index (χ3n) is 5.05. The van der Waals surface area contributed by atoms with Crippen LogP contribution in [-0.4, -0.2) is 28.0 Å². The zero-order valence-corrected chi connectivity index (χ0v) is 18.9. The van der Waals surface area contributed by atoms with Crippen LogP contribution in [0, 0.1) is 20.8 Å². The molecule has 0 atom stereocenters. The first kappa shape index (κ1) is 22.4. The van der Waals surface area contributed by atoms with E-state index in [4.69, 9.17) is 4.74 Å². The Labute approximate surface area is 183 Å². The number of anilines is 2. The number of benzene rings is 3. The number of nitrogens with zero attached hydrogens (tertiary/aromatic N) is 1. The Kier molecular flexibility index (Phi) is 6.65. The third kappa shape index (κ3) is 5.64. The lowest BCUT2D eigenvalue weighted by molar-refractivity contribution is -0.120. The van der Waals surface area contributed by atoms with Crippen LogP contribution < -0.4 is 14.4 Å². The van der Waals surface area contributed by atoms with Crippen molar-refractivity contribution in [3.8, 4) is 5.75 Å². The van der Waals surface area contributed by atoms with Gasteiger partial charge < -0.3 is 9.64 Å². The van der Waals surface area contributed by atoms with E-state index in [9.17, 15) is 13.2 Å². The topological polar surface area (TPSA) is 75.7 Å². The van der Waals surface area contributed by atoms with Gasteiger partial charge in [0, 0.05) is 18.4 Å². The number of hydrogen-bond acceptors (Lipinski definition) is 4. The molecule has 0 heterocycles. The Hall–Kier alpha value is -3.32. The molecule has 3 aromatic carbocycles. The molecule has 0 aliphatic rings. The number of rotatable bonds is 7. The quantitative estimate of drug-likeness (QED) is 0.591. The Morgan fingerprint density at radius 3 is 2.16 bits per heavy atom. The summed E-state index contributed by atoms with van der Waals surface area (Å²) in [6, 6.07) is 18.9. The lowest BCUT2D eigenvalue weighted by Gasteiger charge is -2.19. The minimum atomic E-state index is -3.71. The number of ether oxygens (including phenoxy) is 1. The number of nitrogens with one attached hydrogen (secondary N) is 1. The van der Waals surface area contributed by atoms with Gasteiger partial charge in [0.05, 0.1) is 4.90 Å². The fourth-order valence-electron chi connectivity index (χ4n) is 2.87. The highest BCUT2D eigenvalue weighted by Crippen LogP contribution is 2.21. The van der Waals surface area contributed by atoms with Gasteiger partial charge in [0.25, 0.3) is 15.9 Å². The summed E-state index contributed by atoms with van der Waals surface area (Å²) in [5, 5.41) is 0. The molecule has 0 bridgehead atoms. The van der Waals surface area contributed by atoms with Crippen molar-refractivity contribution in [2.45, 2.75) is 25.7 Å². The average molecular weight is 439 g/mol. The summed E-state index contributed by atoms with van der Waals surface area (Å²) >= 11 is 0. The molecule has 162 valence electrons. The summed E-state index contributed by atoms with van der Waals surface area (Å²) in [6.45, 7) is 5.79. The molecule has 0 aliphatic carbocycles. The van der Waals surface area contributed by atoms with Crippen molar-refractivity contribution < 1.29 is 17.9 Å². The second kappa shape index (κ2) is 9.22. The smallest absolute Gasteiger partial charge is 0.264 e. The van der Waals surface area contributed by atoms with E-state index in [2.05, 4.69) is 4.72 Å². The lowest BCUT2D eigenvalue weighted by atomic mass is 10.1. The number of hydrogen-bond donors (Lipinski definition) is 1. The molecule has 3 aromatic rings. The molecule has 6 nitrogen and oxygen atoms in total. The van der Waals surface area contributed by atoms with Gasteiger partial charge in [0.15, 0.2) is 6.61 Å². The first-order valence-electron chi connectivity index (χ1n) is 9.82. The van der Waals surface area contributed by atoms with Crippen LogP contribution in [-0.2, 0) is 14.8 Å². The normalized spacial score (nSPS) is 11.1. The van der Waals surface area contributed by atoms with Crippen LogP contribution in [0.5, 0.6) is 5.75 Å². The maximum atomic E-state index is 12.5. The van der Waals surface area contributed by atoms with Gasteiger partial charge in [0.1, 0.15) is 5.75 Å². The van der Waals surface area contributed by atoms with E-state index in [1.165, 1.54) is 29.2 Å². The second-order valence-electron chi connectivity index (χ2n) is 7.45. The highest BCUT2D eigenvalue weighted by molar-refractivity contribution is 7.92. The summed E-state index contributed by atoms with van der Waals surface area (Å²) in [7, 11) is -2.02. The van der Waals surface area contributed by atoms with Crippen LogP contribution >= 0.6 is 0 Å². The summed E-state index contributed by atoms with van der Waals surface area (Å²) in [6.07, 6.45) is 0. The van der Waals surface area contributed by atoms with Crippen LogP contribution in [0.1, 0.15) is 16.7 Å². The molecule has 31 heavy (non-hydrogen) atoms. The van der Waals surface area contributed by atoms with Gasteiger partial charge in [-0.2, -0.15) is 0 Å². The monoisotopic (exact) mass is 438 g/mol. The number of carbonyl (C=O) groups excluding carboxylic acids is 1. The maximum absolute atomic E-state index is 12.5. The lowest BCUT2D eigenvalue weighted by Crippen LogP contribution is -2.31. The highest BCUT2D eigenvalue weighted by atomic mass is 32.2. The van der Waals surface area contributed by atoms with Gasteiger partial charge in [-0.25, -0.2) is 8.42 Å². The third-order valence-corrected chi connectivity index (χ3v) is 6.45. The van der Waals surface area contributed by atoms with Crippen molar-refractivity contribution in [2.75, 3.05) is 23.3 Å². The van der Waals surface area contributed by atoms with Gasteiger partial charge >= 0.3 is 0 Å². The zero-order chi connectivity index (χ0) is 22.6. The first-order valence-corrected chi connectivity index (χ1v) is 11.3. The van der Waals surface area contributed by atoms with Crippen molar-refractivity contribution in [3.05, 3.63) is 83.4 Å². The van der Waals surface area contributed by atoms with Gasteiger partial charge in [-0.3, -0.25) is 9.52 Å². The number of carbonyl (C=O) groups is 1. The molecule has 0 saturated heterocycles. The molecule has 0 aliphatic heterocycles. The summed E-state index contributed by atoms with van der Waals surface area (Å²) in [5.74, 6) is 0.206.